The second-order valence-corrected chi connectivity index (χ2v) is 8.86. The third-order valence-electron chi connectivity index (χ3n) is 4.53. The molecular weight excluding hydrogens is 354 g/mol. The zero-order valence-corrected chi connectivity index (χ0v) is 16.6. The lowest BCUT2D eigenvalue weighted by Crippen LogP contribution is -2.42. The first-order chi connectivity index (χ1) is 12.3. The second kappa shape index (κ2) is 9.45. The van der Waals surface area contributed by atoms with Crippen molar-refractivity contribution >= 4 is 15.9 Å². The molecule has 1 saturated heterocycles. The monoisotopic (exact) mass is 383 g/mol. The Morgan fingerprint density at radius 1 is 1.23 bits per heavy atom. The SMILES string of the molecule is Cc1ccc(C(CNC(=O)CCS(=O)(=O)N2CCOCC2)N(C)C)cc1. The molecule has 1 aromatic rings. The molecule has 0 spiro atoms. The van der Waals surface area contributed by atoms with Gasteiger partial charge < -0.3 is 15.0 Å². The van der Waals surface area contributed by atoms with Crippen molar-refractivity contribution in [2.24, 2.45) is 0 Å². The summed E-state index contributed by atoms with van der Waals surface area (Å²) < 4.78 is 31.1. The van der Waals surface area contributed by atoms with Gasteiger partial charge >= 0.3 is 0 Å². The standard InChI is InChI=1S/C18H29N3O4S/c1-15-4-6-16(7-5-15)17(20(2)3)14-19-18(22)8-13-26(23,24)21-9-11-25-12-10-21/h4-7,17H,8-14H2,1-3H3,(H,19,22). The predicted molar refractivity (Wildman–Crippen MR) is 101 cm³/mol. The number of morpholine rings is 1. The predicted octanol–water partition coefficient (Wildman–Crippen LogP) is 0.766. The molecule has 0 aromatic heterocycles. The van der Waals surface area contributed by atoms with Crippen LogP contribution in [-0.4, -0.2) is 76.2 Å². The molecule has 0 aliphatic carbocycles. The summed E-state index contributed by atoms with van der Waals surface area (Å²) in [5.41, 5.74) is 2.30. The number of carbonyl (C=O) groups excluding carboxylic acids is 1. The first-order valence-electron chi connectivity index (χ1n) is 8.85. The topological polar surface area (TPSA) is 79.0 Å². The zero-order chi connectivity index (χ0) is 19.2. The van der Waals surface area contributed by atoms with E-state index >= 15 is 0 Å². The van der Waals surface area contributed by atoms with Crippen molar-refractivity contribution in [2.75, 3.05) is 52.7 Å². The lowest BCUT2D eigenvalue weighted by Gasteiger charge is -2.26. The molecule has 8 heteroatoms. The molecule has 146 valence electrons. The average Bonchev–Trinajstić information content (AvgIpc) is 2.62. The van der Waals surface area contributed by atoms with Crippen molar-refractivity contribution in [3.63, 3.8) is 0 Å². The summed E-state index contributed by atoms with van der Waals surface area (Å²) in [5, 5.41) is 2.86. The molecule has 1 aromatic carbocycles. The molecule has 1 fully saturated rings. The Balaban J connectivity index is 1.85. The molecule has 1 aliphatic rings. The maximum atomic E-state index is 12.3. The van der Waals surface area contributed by atoms with Gasteiger partial charge in [-0.3, -0.25) is 4.79 Å². The van der Waals surface area contributed by atoms with Gasteiger partial charge in [0.05, 0.1) is 25.0 Å². The lowest BCUT2D eigenvalue weighted by molar-refractivity contribution is -0.120. The highest BCUT2D eigenvalue weighted by Crippen LogP contribution is 2.18. The fraction of sp³-hybridized carbons (Fsp3) is 0.611. The molecular formula is C18H29N3O4S. The quantitative estimate of drug-likeness (QED) is 0.717. The van der Waals surface area contributed by atoms with Crippen molar-refractivity contribution in [3.05, 3.63) is 35.4 Å². The molecule has 1 heterocycles. The molecule has 26 heavy (non-hydrogen) atoms. The summed E-state index contributed by atoms with van der Waals surface area (Å²) in [6.45, 7) is 4.01. The van der Waals surface area contributed by atoms with Gasteiger partial charge in [-0.1, -0.05) is 29.8 Å². The van der Waals surface area contributed by atoms with Crippen LogP contribution in [0.2, 0.25) is 0 Å². The summed E-state index contributed by atoms with van der Waals surface area (Å²) in [6.07, 6.45) is -0.0340. The Morgan fingerprint density at radius 2 is 1.85 bits per heavy atom. The summed E-state index contributed by atoms with van der Waals surface area (Å²) in [6, 6.07) is 8.23. The van der Waals surface area contributed by atoms with Crippen LogP contribution in [0.5, 0.6) is 0 Å². The normalized spacial score (nSPS) is 17.2. The lowest BCUT2D eigenvalue weighted by atomic mass is 10.0. The van der Waals surface area contributed by atoms with Gasteiger partial charge in [0.15, 0.2) is 0 Å². The second-order valence-electron chi connectivity index (χ2n) is 6.77. The molecule has 1 amide bonds. The maximum absolute atomic E-state index is 12.3. The van der Waals surface area contributed by atoms with E-state index in [-0.39, 0.29) is 24.1 Å². The highest BCUT2D eigenvalue weighted by molar-refractivity contribution is 7.89. The molecule has 1 N–H and O–H groups in total. The molecule has 0 saturated carbocycles. The summed E-state index contributed by atoms with van der Waals surface area (Å²) in [5.74, 6) is -0.420. The number of nitrogens with one attached hydrogen (secondary N) is 1. The average molecular weight is 384 g/mol. The van der Waals surface area contributed by atoms with Crippen LogP contribution >= 0.6 is 0 Å². The van der Waals surface area contributed by atoms with E-state index in [0.717, 1.165) is 5.56 Å². The van der Waals surface area contributed by atoms with Crippen LogP contribution in [0, 0.1) is 6.92 Å². The third kappa shape index (κ3) is 6.05. The number of aryl methyl sites for hydroxylation is 1. The van der Waals surface area contributed by atoms with E-state index in [4.69, 9.17) is 4.74 Å². The van der Waals surface area contributed by atoms with Crippen molar-refractivity contribution in [3.8, 4) is 0 Å². The van der Waals surface area contributed by atoms with Gasteiger partial charge in [0.1, 0.15) is 0 Å². The summed E-state index contributed by atoms with van der Waals surface area (Å²) >= 11 is 0. The maximum Gasteiger partial charge on any atom is 0.221 e. The minimum Gasteiger partial charge on any atom is -0.379 e. The van der Waals surface area contributed by atoms with E-state index in [1.165, 1.54) is 9.87 Å². The molecule has 1 atom stereocenters. The molecule has 2 rings (SSSR count). The largest absolute Gasteiger partial charge is 0.379 e. The smallest absolute Gasteiger partial charge is 0.221 e. The van der Waals surface area contributed by atoms with Gasteiger partial charge in [0.25, 0.3) is 0 Å². The Kier molecular flexibility index (Phi) is 7.57. The molecule has 1 unspecified atom stereocenters. The molecule has 0 bridgehead atoms. The van der Waals surface area contributed by atoms with E-state index < -0.39 is 10.0 Å². The number of ether oxygens (including phenoxy) is 1. The highest BCUT2D eigenvalue weighted by Gasteiger charge is 2.25. The molecule has 7 nitrogen and oxygen atoms in total. The van der Waals surface area contributed by atoms with E-state index in [0.29, 0.717) is 32.8 Å². The van der Waals surface area contributed by atoms with Gasteiger partial charge in [0, 0.05) is 26.1 Å². The number of sulfonamides is 1. The summed E-state index contributed by atoms with van der Waals surface area (Å²) in [4.78, 5) is 14.2. The van der Waals surface area contributed by atoms with Crippen molar-refractivity contribution < 1.29 is 17.9 Å². The Labute approximate surface area is 156 Å². The van der Waals surface area contributed by atoms with Gasteiger partial charge in [-0.05, 0) is 26.6 Å². The van der Waals surface area contributed by atoms with Gasteiger partial charge in [-0.15, -0.1) is 0 Å². The van der Waals surface area contributed by atoms with Gasteiger partial charge in [-0.25, -0.2) is 8.42 Å². The molecule has 1 aliphatic heterocycles. The number of amides is 1. The number of rotatable bonds is 8. The zero-order valence-electron chi connectivity index (χ0n) is 15.8. The van der Waals surface area contributed by atoms with Gasteiger partial charge in [0.2, 0.25) is 15.9 Å². The number of likely N-dealkylation sites (N-methyl/N-ethyl adjacent to an activating group) is 1. The number of hydrogen-bond donors (Lipinski definition) is 1. The third-order valence-corrected chi connectivity index (χ3v) is 6.40. The number of benzene rings is 1. The number of hydrogen-bond acceptors (Lipinski definition) is 5. The summed E-state index contributed by atoms with van der Waals surface area (Å²) in [7, 11) is 0.508. The van der Waals surface area contributed by atoms with Crippen LogP contribution in [0.3, 0.4) is 0 Å². The fourth-order valence-electron chi connectivity index (χ4n) is 2.86. The van der Waals surface area contributed by atoms with Crippen molar-refractivity contribution in [2.45, 2.75) is 19.4 Å². The highest BCUT2D eigenvalue weighted by atomic mass is 32.2. The van der Waals surface area contributed by atoms with Crippen molar-refractivity contribution in [1.82, 2.24) is 14.5 Å². The van der Waals surface area contributed by atoms with E-state index in [2.05, 4.69) is 17.4 Å². The first kappa shape index (κ1) is 20.8. The molecule has 0 radical (unpaired) electrons. The van der Waals surface area contributed by atoms with E-state index in [9.17, 15) is 13.2 Å². The fourth-order valence-corrected chi connectivity index (χ4v) is 4.27. The van der Waals surface area contributed by atoms with E-state index in [1.54, 1.807) is 0 Å². The van der Waals surface area contributed by atoms with Crippen molar-refractivity contribution in [1.29, 1.82) is 0 Å². The number of nitrogens with zero attached hydrogens (tertiary/aromatic N) is 2. The Bertz CT molecular complexity index is 683. The van der Waals surface area contributed by atoms with Crippen LogP contribution in [0.25, 0.3) is 0 Å². The minimum absolute atomic E-state index is 0.0340. The van der Waals surface area contributed by atoms with Crippen LogP contribution in [-0.2, 0) is 19.6 Å². The Hall–Kier alpha value is -1.48. The van der Waals surface area contributed by atoms with Crippen LogP contribution in [0.1, 0.15) is 23.6 Å². The first-order valence-corrected chi connectivity index (χ1v) is 10.5. The van der Waals surface area contributed by atoms with Gasteiger partial charge in [-0.2, -0.15) is 4.31 Å². The van der Waals surface area contributed by atoms with Crippen LogP contribution in [0.15, 0.2) is 24.3 Å². The number of carbonyl (C=O) groups is 1. The minimum atomic E-state index is -3.41. The van der Waals surface area contributed by atoms with Crippen LogP contribution < -0.4 is 5.32 Å². The van der Waals surface area contributed by atoms with E-state index in [1.807, 2.05) is 38.1 Å². The van der Waals surface area contributed by atoms with Crippen LogP contribution in [0.4, 0.5) is 0 Å². The Morgan fingerprint density at radius 3 is 2.42 bits per heavy atom.